The number of likely N-dealkylation sites (tertiary alicyclic amines) is 1. The van der Waals surface area contributed by atoms with Crippen molar-refractivity contribution in [2.24, 2.45) is 0 Å². The molecule has 1 aliphatic carbocycles. The predicted octanol–water partition coefficient (Wildman–Crippen LogP) is 0.984. The molecule has 1 atom stereocenters. The second-order valence-electron chi connectivity index (χ2n) is 5.39. The lowest BCUT2D eigenvalue weighted by Gasteiger charge is -2.34. The summed E-state index contributed by atoms with van der Waals surface area (Å²) in [4.78, 5) is 25.3. The Morgan fingerprint density at radius 2 is 2.17 bits per heavy atom. The van der Waals surface area contributed by atoms with Crippen molar-refractivity contribution in [2.45, 2.75) is 57.0 Å². The highest BCUT2D eigenvalue weighted by atomic mass is 16.4. The van der Waals surface area contributed by atoms with E-state index in [0.717, 1.165) is 25.7 Å². The monoisotopic (exact) mass is 254 g/mol. The third-order valence-corrected chi connectivity index (χ3v) is 3.97. The van der Waals surface area contributed by atoms with Crippen molar-refractivity contribution in [3.8, 4) is 0 Å². The van der Waals surface area contributed by atoms with Gasteiger partial charge in [0.1, 0.15) is 5.54 Å². The Hall–Kier alpha value is -1.10. The van der Waals surface area contributed by atoms with Crippen molar-refractivity contribution >= 4 is 11.9 Å². The largest absolute Gasteiger partial charge is 0.479 e. The van der Waals surface area contributed by atoms with Crippen LogP contribution in [0.1, 0.15) is 45.4 Å². The summed E-state index contributed by atoms with van der Waals surface area (Å²) in [7, 11) is 0. The normalized spacial score (nSPS) is 27.5. The number of hydrogen-bond acceptors (Lipinski definition) is 3. The Morgan fingerprint density at radius 3 is 2.72 bits per heavy atom. The number of hydrogen-bond donors (Lipinski definition) is 2. The topological polar surface area (TPSA) is 69.6 Å². The highest BCUT2D eigenvalue weighted by Crippen LogP contribution is 2.34. The minimum absolute atomic E-state index is 0.0600. The first-order chi connectivity index (χ1) is 8.60. The van der Waals surface area contributed by atoms with Crippen LogP contribution in [0.4, 0.5) is 0 Å². The van der Waals surface area contributed by atoms with Gasteiger partial charge in [-0.3, -0.25) is 4.79 Å². The average molecular weight is 254 g/mol. The molecule has 2 aliphatic rings. The summed E-state index contributed by atoms with van der Waals surface area (Å²) in [5.41, 5.74) is -0.947. The maximum absolute atomic E-state index is 12.2. The van der Waals surface area contributed by atoms with E-state index in [-0.39, 0.29) is 12.5 Å². The van der Waals surface area contributed by atoms with E-state index in [0.29, 0.717) is 25.4 Å². The molecule has 2 N–H and O–H groups in total. The fourth-order valence-corrected chi connectivity index (χ4v) is 2.86. The number of aliphatic carboxylic acids is 1. The summed E-state index contributed by atoms with van der Waals surface area (Å²) in [6.45, 7) is 2.83. The van der Waals surface area contributed by atoms with Gasteiger partial charge in [-0.05, 0) is 32.1 Å². The average Bonchev–Trinajstić information content (AvgIpc) is 3.06. The van der Waals surface area contributed by atoms with Gasteiger partial charge in [-0.15, -0.1) is 0 Å². The van der Waals surface area contributed by atoms with E-state index >= 15 is 0 Å². The van der Waals surface area contributed by atoms with Crippen molar-refractivity contribution in [3.05, 3.63) is 0 Å². The van der Waals surface area contributed by atoms with E-state index < -0.39 is 11.5 Å². The van der Waals surface area contributed by atoms with Crippen LogP contribution in [0.15, 0.2) is 0 Å². The van der Waals surface area contributed by atoms with Crippen LogP contribution in [0.25, 0.3) is 0 Å². The molecule has 1 aliphatic heterocycles. The van der Waals surface area contributed by atoms with Crippen molar-refractivity contribution in [3.63, 3.8) is 0 Å². The minimum Gasteiger partial charge on any atom is -0.479 e. The lowest BCUT2D eigenvalue weighted by Crippen LogP contribution is -2.55. The predicted molar refractivity (Wildman–Crippen MR) is 67.2 cm³/mol. The molecule has 0 aromatic carbocycles. The summed E-state index contributed by atoms with van der Waals surface area (Å²) in [5.74, 6) is -0.906. The number of carboxylic acid groups (broad SMARTS) is 1. The molecular formula is C13H22N2O3. The Balaban J connectivity index is 2.03. The van der Waals surface area contributed by atoms with Crippen LogP contribution in [-0.2, 0) is 9.59 Å². The number of carbonyl (C=O) groups is 2. The molecule has 5 heteroatoms. The van der Waals surface area contributed by atoms with E-state index in [4.69, 9.17) is 0 Å². The maximum Gasteiger partial charge on any atom is 0.329 e. The first kappa shape index (κ1) is 13.3. The van der Waals surface area contributed by atoms with Crippen LogP contribution in [0.2, 0.25) is 0 Å². The Labute approximate surface area is 108 Å². The Morgan fingerprint density at radius 1 is 1.44 bits per heavy atom. The summed E-state index contributed by atoms with van der Waals surface area (Å²) in [6, 6.07) is 0.474. The molecule has 1 unspecified atom stereocenters. The molecule has 1 heterocycles. The van der Waals surface area contributed by atoms with Crippen molar-refractivity contribution in [1.82, 2.24) is 10.2 Å². The summed E-state index contributed by atoms with van der Waals surface area (Å²) in [5, 5.41) is 12.7. The summed E-state index contributed by atoms with van der Waals surface area (Å²) in [6.07, 6.45) is 4.98. The number of amides is 1. The maximum atomic E-state index is 12.2. The number of carboxylic acids is 1. The number of nitrogens with zero attached hydrogens (tertiary/aromatic N) is 1. The zero-order valence-electron chi connectivity index (χ0n) is 10.9. The van der Waals surface area contributed by atoms with Gasteiger partial charge in [0.2, 0.25) is 5.91 Å². The SMILES string of the molecule is CCCC1(C(=O)O)CCCN1C(=O)CNC1CC1. The number of carbonyl (C=O) groups excluding carboxylic acids is 1. The minimum atomic E-state index is -0.947. The second kappa shape index (κ2) is 5.26. The fourth-order valence-electron chi connectivity index (χ4n) is 2.86. The molecule has 2 fully saturated rings. The zero-order valence-corrected chi connectivity index (χ0v) is 10.9. The molecule has 5 nitrogen and oxygen atoms in total. The van der Waals surface area contributed by atoms with E-state index in [9.17, 15) is 14.7 Å². The van der Waals surface area contributed by atoms with E-state index in [1.165, 1.54) is 0 Å². The van der Waals surface area contributed by atoms with Crippen molar-refractivity contribution in [2.75, 3.05) is 13.1 Å². The first-order valence-corrected chi connectivity index (χ1v) is 6.87. The summed E-state index contributed by atoms with van der Waals surface area (Å²) >= 11 is 0. The van der Waals surface area contributed by atoms with Crippen LogP contribution in [-0.4, -0.2) is 46.6 Å². The van der Waals surface area contributed by atoms with E-state index in [2.05, 4.69) is 5.32 Å². The fraction of sp³-hybridized carbons (Fsp3) is 0.846. The molecule has 1 saturated heterocycles. The highest BCUT2D eigenvalue weighted by Gasteiger charge is 2.48. The van der Waals surface area contributed by atoms with Gasteiger partial charge < -0.3 is 15.3 Å². The molecule has 18 heavy (non-hydrogen) atoms. The van der Waals surface area contributed by atoms with Gasteiger partial charge in [-0.1, -0.05) is 13.3 Å². The van der Waals surface area contributed by atoms with E-state index in [1.807, 2.05) is 6.92 Å². The third-order valence-electron chi connectivity index (χ3n) is 3.97. The molecule has 0 radical (unpaired) electrons. The first-order valence-electron chi connectivity index (χ1n) is 6.87. The van der Waals surface area contributed by atoms with Gasteiger partial charge in [0, 0.05) is 12.6 Å². The standard InChI is InChI=1S/C13H22N2O3/c1-2-6-13(12(17)18)7-3-8-15(13)11(16)9-14-10-4-5-10/h10,14H,2-9H2,1H3,(H,17,18). The van der Waals surface area contributed by atoms with Crippen LogP contribution in [0.3, 0.4) is 0 Å². The zero-order chi connectivity index (χ0) is 13.2. The quantitative estimate of drug-likeness (QED) is 0.741. The lowest BCUT2D eigenvalue weighted by molar-refractivity contribution is -0.156. The molecule has 102 valence electrons. The van der Waals surface area contributed by atoms with Crippen LogP contribution in [0, 0.1) is 0 Å². The third kappa shape index (κ3) is 2.51. The van der Waals surface area contributed by atoms with Crippen LogP contribution in [0.5, 0.6) is 0 Å². The summed E-state index contributed by atoms with van der Waals surface area (Å²) < 4.78 is 0. The smallest absolute Gasteiger partial charge is 0.329 e. The Bertz CT molecular complexity index is 341. The van der Waals surface area contributed by atoms with Gasteiger partial charge in [0.05, 0.1) is 6.54 Å². The molecule has 0 spiro atoms. The molecular weight excluding hydrogens is 232 g/mol. The van der Waals surface area contributed by atoms with Gasteiger partial charge in [-0.2, -0.15) is 0 Å². The number of rotatable bonds is 6. The van der Waals surface area contributed by atoms with Gasteiger partial charge in [0.15, 0.2) is 0 Å². The van der Waals surface area contributed by atoms with Crippen LogP contribution >= 0.6 is 0 Å². The van der Waals surface area contributed by atoms with Gasteiger partial charge in [0.25, 0.3) is 0 Å². The molecule has 1 saturated carbocycles. The second-order valence-corrected chi connectivity index (χ2v) is 5.39. The molecule has 0 aromatic heterocycles. The molecule has 0 bridgehead atoms. The number of nitrogens with one attached hydrogen (secondary N) is 1. The van der Waals surface area contributed by atoms with Crippen molar-refractivity contribution < 1.29 is 14.7 Å². The van der Waals surface area contributed by atoms with Crippen LogP contribution < -0.4 is 5.32 Å². The highest BCUT2D eigenvalue weighted by molar-refractivity contribution is 5.88. The Kier molecular flexibility index (Phi) is 3.90. The lowest BCUT2D eigenvalue weighted by atomic mass is 9.90. The van der Waals surface area contributed by atoms with Crippen molar-refractivity contribution in [1.29, 1.82) is 0 Å². The molecule has 0 aromatic rings. The van der Waals surface area contributed by atoms with Gasteiger partial charge in [-0.25, -0.2) is 4.79 Å². The molecule has 2 rings (SSSR count). The van der Waals surface area contributed by atoms with E-state index in [1.54, 1.807) is 4.90 Å². The van der Waals surface area contributed by atoms with Gasteiger partial charge >= 0.3 is 5.97 Å². The molecule has 1 amide bonds.